The largest absolute Gasteiger partial charge is 0.467 e. The van der Waals surface area contributed by atoms with Crippen molar-refractivity contribution in [2.45, 2.75) is 39.5 Å². The topological polar surface area (TPSA) is 92.1 Å². The van der Waals surface area contributed by atoms with Gasteiger partial charge in [-0.3, -0.25) is 19.3 Å². The lowest BCUT2D eigenvalue weighted by molar-refractivity contribution is -0.139. The monoisotopic (exact) mass is 423 g/mol. The van der Waals surface area contributed by atoms with E-state index in [1.54, 1.807) is 36.4 Å². The van der Waals surface area contributed by atoms with Gasteiger partial charge in [-0.1, -0.05) is 12.1 Å². The molecule has 1 N–H and O–H groups in total. The van der Waals surface area contributed by atoms with E-state index in [-0.39, 0.29) is 36.5 Å². The third kappa shape index (κ3) is 4.25. The zero-order valence-corrected chi connectivity index (χ0v) is 17.8. The molecule has 2 aliphatic heterocycles. The van der Waals surface area contributed by atoms with Crippen molar-refractivity contribution in [3.8, 4) is 0 Å². The number of ether oxygens (including phenoxy) is 1. The summed E-state index contributed by atoms with van der Waals surface area (Å²) in [5.74, 6) is -0.355. The Hall–Kier alpha value is -3.39. The third-order valence-electron chi connectivity index (χ3n) is 5.27. The Balaban J connectivity index is 1.73. The third-order valence-corrected chi connectivity index (χ3v) is 5.27. The van der Waals surface area contributed by atoms with E-state index >= 15 is 0 Å². The molecule has 8 nitrogen and oxygen atoms in total. The number of nitrogens with zero attached hydrogens (tertiary/aromatic N) is 2. The van der Waals surface area contributed by atoms with Gasteiger partial charge in [-0.15, -0.1) is 0 Å². The van der Waals surface area contributed by atoms with Gasteiger partial charge in [0.1, 0.15) is 11.5 Å². The van der Waals surface area contributed by atoms with E-state index in [4.69, 9.17) is 9.15 Å². The number of imide groups is 1. The number of hydrogen-bond donors (Lipinski definition) is 1. The second kappa shape index (κ2) is 8.39. The molecular weight excluding hydrogens is 398 g/mol. The first kappa shape index (κ1) is 20.9. The predicted molar refractivity (Wildman–Crippen MR) is 114 cm³/mol. The Labute approximate surface area is 180 Å². The van der Waals surface area contributed by atoms with Crippen molar-refractivity contribution >= 4 is 29.0 Å². The molecule has 162 valence electrons. The van der Waals surface area contributed by atoms with Gasteiger partial charge in [-0.05, 0) is 43.7 Å². The fourth-order valence-electron chi connectivity index (χ4n) is 4.10. The van der Waals surface area contributed by atoms with Crippen LogP contribution in [0.15, 0.2) is 52.8 Å². The number of benzene rings is 1. The summed E-state index contributed by atoms with van der Waals surface area (Å²) in [6, 6.07) is 10.4. The number of anilines is 1. The molecule has 2 aliphatic rings. The van der Waals surface area contributed by atoms with Crippen LogP contribution in [0.2, 0.25) is 0 Å². The maximum atomic E-state index is 13.4. The van der Waals surface area contributed by atoms with Gasteiger partial charge in [0.15, 0.2) is 0 Å². The molecule has 2 aromatic rings. The van der Waals surface area contributed by atoms with Crippen molar-refractivity contribution in [3.05, 3.63) is 59.7 Å². The number of carbonyl (C=O) groups excluding carboxylic acids is 3. The quantitative estimate of drug-likeness (QED) is 0.744. The van der Waals surface area contributed by atoms with Crippen LogP contribution in [0.4, 0.5) is 5.69 Å². The maximum absolute atomic E-state index is 13.4. The minimum Gasteiger partial charge on any atom is -0.467 e. The molecule has 0 saturated carbocycles. The number of rotatable bonds is 5. The molecular formula is C23H25N3O5. The number of amides is 3. The molecule has 31 heavy (non-hydrogen) atoms. The highest BCUT2D eigenvalue weighted by atomic mass is 16.5. The SMILES string of the molecule is CC(=O)Nc1ccc(C2=C(N3CC(C)OC(C)C3)C(=O)N(Cc3ccco3)C2=O)cc1. The molecule has 1 aromatic heterocycles. The van der Waals surface area contributed by atoms with Gasteiger partial charge in [0.05, 0.1) is 30.6 Å². The summed E-state index contributed by atoms with van der Waals surface area (Å²) in [7, 11) is 0. The molecule has 0 radical (unpaired) electrons. The first-order valence-corrected chi connectivity index (χ1v) is 10.2. The summed E-state index contributed by atoms with van der Waals surface area (Å²) in [5.41, 5.74) is 1.98. The van der Waals surface area contributed by atoms with Gasteiger partial charge in [-0.2, -0.15) is 0 Å². The number of morpholine rings is 1. The summed E-state index contributed by atoms with van der Waals surface area (Å²) in [5, 5.41) is 2.71. The minimum atomic E-state index is -0.365. The summed E-state index contributed by atoms with van der Waals surface area (Å²) in [6.45, 7) is 6.43. The van der Waals surface area contributed by atoms with Gasteiger partial charge >= 0.3 is 0 Å². The van der Waals surface area contributed by atoms with Crippen molar-refractivity contribution in [2.24, 2.45) is 0 Å². The van der Waals surface area contributed by atoms with Gasteiger partial charge in [-0.25, -0.2) is 0 Å². The number of furan rings is 1. The number of nitrogens with one attached hydrogen (secondary N) is 1. The van der Waals surface area contributed by atoms with E-state index in [1.807, 2.05) is 18.7 Å². The molecule has 4 rings (SSSR count). The molecule has 1 fully saturated rings. The zero-order valence-electron chi connectivity index (χ0n) is 17.8. The summed E-state index contributed by atoms with van der Waals surface area (Å²) in [4.78, 5) is 41.3. The zero-order chi connectivity index (χ0) is 22.1. The Morgan fingerprint density at radius 3 is 2.32 bits per heavy atom. The summed E-state index contributed by atoms with van der Waals surface area (Å²) < 4.78 is 11.2. The Kier molecular flexibility index (Phi) is 5.65. The molecule has 2 unspecified atom stereocenters. The second-order valence-corrected chi connectivity index (χ2v) is 7.92. The average molecular weight is 423 g/mol. The van der Waals surface area contributed by atoms with Crippen LogP contribution in [-0.4, -0.2) is 52.8 Å². The molecule has 3 heterocycles. The van der Waals surface area contributed by atoms with Crippen LogP contribution in [0.1, 0.15) is 32.1 Å². The van der Waals surface area contributed by atoms with Crippen LogP contribution < -0.4 is 5.32 Å². The predicted octanol–water partition coefficient (Wildman–Crippen LogP) is 2.63. The molecule has 3 amide bonds. The van der Waals surface area contributed by atoms with E-state index in [2.05, 4.69) is 5.32 Å². The standard InChI is InChI=1S/C23H25N3O5/c1-14-11-25(12-15(2)31-14)21-20(17-6-8-18(9-7-17)24-16(3)27)22(28)26(23(21)29)13-19-5-4-10-30-19/h4-10,14-15H,11-13H2,1-3H3,(H,24,27). The minimum absolute atomic E-state index is 0.0666. The Morgan fingerprint density at radius 1 is 1.06 bits per heavy atom. The van der Waals surface area contributed by atoms with Crippen molar-refractivity contribution in [2.75, 3.05) is 18.4 Å². The van der Waals surface area contributed by atoms with E-state index in [0.717, 1.165) is 0 Å². The molecule has 2 atom stereocenters. The van der Waals surface area contributed by atoms with Crippen LogP contribution in [0, 0.1) is 0 Å². The van der Waals surface area contributed by atoms with Crippen molar-refractivity contribution in [3.63, 3.8) is 0 Å². The maximum Gasteiger partial charge on any atom is 0.278 e. The molecule has 1 aromatic carbocycles. The first-order valence-electron chi connectivity index (χ1n) is 10.2. The molecule has 1 saturated heterocycles. The lowest BCUT2D eigenvalue weighted by Crippen LogP contribution is -2.46. The Morgan fingerprint density at radius 2 is 1.74 bits per heavy atom. The van der Waals surface area contributed by atoms with Gasteiger partial charge in [0.25, 0.3) is 11.8 Å². The highest BCUT2D eigenvalue weighted by Crippen LogP contribution is 2.34. The van der Waals surface area contributed by atoms with Crippen molar-refractivity contribution in [1.29, 1.82) is 0 Å². The molecule has 0 aliphatic carbocycles. The second-order valence-electron chi connectivity index (χ2n) is 7.92. The van der Waals surface area contributed by atoms with Crippen LogP contribution in [0.5, 0.6) is 0 Å². The smallest absolute Gasteiger partial charge is 0.278 e. The van der Waals surface area contributed by atoms with Crippen LogP contribution in [-0.2, 0) is 25.7 Å². The van der Waals surface area contributed by atoms with Crippen LogP contribution >= 0.6 is 0 Å². The van der Waals surface area contributed by atoms with Gasteiger partial charge in [0, 0.05) is 25.7 Å². The summed E-state index contributed by atoms with van der Waals surface area (Å²) in [6.07, 6.45) is 1.38. The summed E-state index contributed by atoms with van der Waals surface area (Å²) >= 11 is 0. The fraction of sp³-hybridized carbons (Fsp3) is 0.348. The lowest BCUT2D eigenvalue weighted by Gasteiger charge is -2.37. The van der Waals surface area contributed by atoms with Crippen molar-refractivity contribution in [1.82, 2.24) is 9.80 Å². The lowest BCUT2D eigenvalue weighted by atomic mass is 10.0. The van der Waals surface area contributed by atoms with Crippen LogP contribution in [0.3, 0.4) is 0 Å². The first-order chi connectivity index (χ1) is 14.8. The van der Waals surface area contributed by atoms with Gasteiger partial charge in [0.2, 0.25) is 5.91 Å². The normalized spacial score (nSPS) is 21.8. The van der Waals surface area contributed by atoms with E-state index in [1.165, 1.54) is 18.1 Å². The Bertz CT molecular complexity index is 1020. The molecule has 0 bridgehead atoms. The van der Waals surface area contributed by atoms with E-state index < -0.39 is 0 Å². The molecule has 8 heteroatoms. The average Bonchev–Trinajstić information content (AvgIpc) is 3.30. The fourth-order valence-corrected chi connectivity index (χ4v) is 4.10. The van der Waals surface area contributed by atoms with E-state index in [0.29, 0.717) is 41.4 Å². The highest BCUT2D eigenvalue weighted by Gasteiger charge is 2.43. The van der Waals surface area contributed by atoms with Crippen molar-refractivity contribution < 1.29 is 23.5 Å². The van der Waals surface area contributed by atoms with Crippen LogP contribution in [0.25, 0.3) is 5.57 Å². The highest BCUT2D eigenvalue weighted by molar-refractivity contribution is 6.35. The number of carbonyl (C=O) groups is 3. The molecule has 0 spiro atoms. The van der Waals surface area contributed by atoms with E-state index in [9.17, 15) is 14.4 Å². The number of hydrogen-bond acceptors (Lipinski definition) is 6. The van der Waals surface area contributed by atoms with Gasteiger partial charge < -0.3 is 19.4 Å².